The number of rotatable bonds is 8. The Hall–Kier alpha value is -5.48. The van der Waals surface area contributed by atoms with Crippen molar-refractivity contribution in [1.82, 2.24) is 4.98 Å². The van der Waals surface area contributed by atoms with Gasteiger partial charge in [-0.1, -0.05) is 66.7 Å². The van der Waals surface area contributed by atoms with Gasteiger partial charge in [0.15, 0.2) is 17.8 Å². The highest BCUT2D eigenvalue weighted by molar-refractivity contribution is 5.91. The standard InChI is InChI=1S/C34H27NO9/c1-21-27(41-30(36)22-13-5-2-6-14-22)28(42-31(37)23-15-7-3-8-16-23)29(43-32(38)24-17-9-4-10-18-24)33(39-21)44-34-35-25-19-11-12-20-26(25)40-34/h2-21,27-29,33H,1H3/t21-,27-,28+,29+,33?/m0/s1. The molecule has 0 bridgehead atoms. The fourth-order valence-electron chi connectivity index (χ4n) is 4.79. The minimum atomic E-state index is -1.42. The lowest BCUT2D eigenvalue weighted by Gasteiger charge is -2.43. The van der Waals surface area contributed by atoms with Gasteiger partial charge in [0, 0.05) is 0 Å². The van der Waals surface area contributed by atoms with Crippen LogP contribution in [0.1, 0.15) is 38.0 Å². The highest BCUT2D eigenvalue weighted by Crippen LogP contribution is 2.32. The van der Waals surface area contributed by atoms with Crippen LogP contribution in [0.15, 0.2) is 120 Å². The molecular formula is C34H27NO9. The summed E-state index contributed by atoms with van der Waals surface area (Å²) in [7, 11) is 0. The largest absolute Gasteiger partial charge is 0.452 e. The average molecular weight is 594 g/mol. The molecule has 1 saturated heterocycles. The van der Waals surface area contributed by atoms with Gasteiger partial charge in [0.2, 0.25) is 12.4 Å². The van der Waals surface area contributed by atoms with Crippen molar-refractivity contribution >= 4 is 29.0 Å². The molecule has 1 fully saturated rings. The minimum Gasteiger partial charge on any atom is -0.452 e. The molecule has 1 aliphatic rings. The lowest BCUT2D eigenvalue weighted by atomic mass is 9.98. The van der Waals surface area contributed by atoms with Crippen LogP contribution in [0.5, 0.6) is 6.08 Å². The summed E-state index contributed by atoms with van der Waals surface area (Å²) in [4.78, 5) is 44.3. The highest BCUT2D eigenvalue weighted by Gasteiger charge is 2.53. The van der Waals surface area contributed by atoms with E-state index in [1.165, 1.54) is 0 Å². The molecule has 6 rings (SSSR count). The molecule has 0 amide bonds. The fraction of sp³-hybridized carbons (Fsp3) is 0.176. The van der Waals surface area contributed by atoms with Crippen LogP contribution < -0.4 is 4.74 Å². The summed E-state index contributed by atoms with van der Waals surface area (Å²) >= 11 is 0. The quantitative estimate of drug-likeness (QED) is 0.165. The number of carbonyl (C=O) groups excluding carboxylic acids is 3. The van der Waals surface area contributed by atoms with E-state index in [-0.39, 0.29) is 22.8 Å². The summed E-state index contributed by atoms with van der Waals surface area (Å²) < 4.78 is 35.6. The van der Waals surface area contributed by atoms with Crippen LogP contribution in [-0.2, 0) is 18.9 Å². The Labute approximate surface area is 252 Å². The molecule has 0 aliphatic carbocycles. The third-order valence-electron chi connectivity index (χ3n) is 6.98. The van der Waals surface area contributed by atoms with E-state index in [0.717, 1.165) is 0 Å². The number of para-hydroxylation sites is 2. The fourth-order valence-corrected chi connectivity index (χ4v) is 4.79. The molecule has 1 aromatic heterocycles. The number of hydrogen-bond acceptors (Lipinski definition) is 10. The Kier molecular flexibility index (Phi) is 8.33. The molecule has 2 heterocycles. The van der Waals surface area contributed by atoms with Crippen LogP contribution in [0.25, 0.3) is 11.1 Å². The molecular weight excluding hydrogens is 566 g/mol. The first-order chi connectivity index (χ1) is 21.5. The number of carbonyl (C=O) groups is 3. The van der Waals surface area contributed by atoms with E-state index in [1.54, 1.807) is 122 Å². The number of fused-ring (bicyclic) bond motifs is 1. The molecule has 5 aromatic rings. The van der Waals surface area contributed by atoms with Gasteiger partial charge in [0.1, 0.15) is 5.52 Å². The Bertz CT molecular complexity index is 1710. The van der Waals surface area contributed by atoms with Crippen molar-refractivity contribution in [3.63, 3.8) is 0 Å². The number of benzene rings is 4. The summed E-state index contributed by atoms with van der Waals surface area (Å²) in [6, 6.07) is 31.9. The third kappa shape index (κ3) is 6.30. The van der Waals surface area contributed by atoms with Crippen LogP contribution in [0.4, 0.5) is 0 Å². The van der Waals surface area contributed by atoms with Crippen molar-refractivity contribution in [3.8, 4) is 6.08 Å². The van der Waals surface area contributed by atoms with Gasteiger partial charge in [0.05, 0.1) is 22.8 Å². The lowest BCUT2D eigenvalue weighted by Crippen LogP contribution is -2.62. The predicted octanol–water partition coefficient (Wildman–Crippen LogP) is 5.63. The topological polar surface area (TPSA) is 123 Å². The minimum absolute atomic E-state index is 0.156. The number of hydrogen-bond donors (Lipinski definition) is 0. The van der Waals surface area contributed by atoms with Gasteiger partial charge >= 0.3 is 24.0 Å². The first-order valence-electron chi connectivity index (χ1n) is 13.9. The summed E-state index contributed by atoms with van der Waals surface area (Å²) in [5, 5.41) is 0. The SMILES string of the molecule is C[C@@H]1OC(Oc2nc3ccccc3o2)[C@H](OC(=O)c2ccccc2)[C@H](OC(=O)c2ccccc2)[C@H]1OC(=O)c1ccccc1. The second-order valence-corrected chi connectivity index (χ2v) is 9.98. The lowest BCUT2D eigenvalue weighted by molar-refractivity contribution is -0.269. The first-order valence-corrected chi connectivity index (χ1v) is 13.9. The molecule has 0 spiro atoms. The van der Waals surface area contributed by atoms with Gasteiger partial charge in [-0.05, 0) is 55.5 Å². The first kappa shape index (κ1) is 28.6. The molecule has 0 N–H and O–H groups in total. The number of nitrogens with zero attached hydrogens (tertiary/aromatic N) is 1. The highest BCUT2D eigenvalue weighted by atomic mass is 16.8. The second kappa shape index (κ2) is 12.8. The maximum absolute atomic E-state index is 13.4. The normalized spacial score (nSPS) is 21.2. The van der Waals surface area contributed by atoms with E-state index in [0.29, 0.717) is 11.1 Å². The average Bonchev–Trinajstić information content (AvgIpc) is 3.48. The molecule has 1 unspecified atom stereocenters. The monoisotopic (exact) mass is 593 g/mol. The van der Waals surface area contributed by atoms with Crippen LogP contribution >= 0.6 is 0 Å². The van der Waals surface area contributed by atoms with Crippen molar-refractivity contribution in [1.29, 1.82) is 0 Å². The van der Waals surface area contributed by atoms with Gasteiger partial charge in [0.25, 0.3) is 0 Å². The molecule has 1 aliphatic heterocycles. The number of ether oxygens (including phenoxy) is 5. The van der Waals surface area contributed by atoms with Gasteiger partial charge < -0.3 is 28.1 Å². The summed E-state index contributed by atoms with van der Waals surface area (Å²) in [5.41, 5.74) is 1.74. The molecule has 10 heteroatoms. The summed E-state index contributed by atoms with van der Waals surface area (Å²) in [6.07, 6.45) is -6.40. The number of aromatic nitrogens is 1. The predicted molar refractivity (Wildman–Crippen MR) is 156 cm³/mol. The van der Waals surface area contributed by atoms with Crippen LogP contribution in [0.3, 0.4) is 0 Å². The van der Waals surface area contributed by atoms with E-state index in [2.05, 4.69) is 4.98 Å². The molecule has 222 valence electrons. The Morgan fingerprint density at radius 3 is 1.57 bits per heavy atom. The smallest absolute Gasteiger partial charge is 0.397 e. The molecule has 0 radical (unpaired) electrons. The van der Waals surface area contributed by atoms with Crippen molar-refractivity contribution < 1.29 is 42.5 Å². The van der Waals surface area contributed by atoms with Crippen molar-refractivity contribution in [2.45, 2.75) is 37.6 Å². The van der Waals surface area contributed by atoms with Gasteiger partial charge in [-0.15, -0.1) is 0 Å². The zero-order chi connectivity index (χ0) is 30.5. The number of oxazole rings is 1. The second-order valence-electron chi connectivity index (χ2n) is 9.98. The van der Waals surface area contributed by atoms with Crippen molar-refractivity contribution in [3.05, 3.63) is 132 Å². The van der Waals surface area contributed by atoms with Crippen molar-refractivity contribution in [2.75, 3.05) is 0 Å². The maximum Gasteiger partial charge on any atom is 0.397 e. The molecule has 5 atom stereocenters. The van der Waals surface area contributed by atoms with E-state index in [9.17, 15) is 14.4 Å². The Morgan fingerprint density at radius 2 is 1.05 bits per heavy atom. The van der Waals surface area contributed by atoms with Gasteiger partial charge in [-0.2, -0.15) is 4.98 Å². The zero-order valence-corrected chi connectivity index (χ0v) is 23.5. The van der Waals surface area contributed by atoms with Crippen molar-refractivity contribution in [2.24, 2.45) is 0 Å². The van der Waals surface area contributed by atoms with Crippen LogP contribution in [-0.4, -0.2) is 53.6 Å². The van der Waals surface area contributed by atoms with E-state index in [1.807, 2.05) is 0 Å². The third-order valence-corrected chi connectivity index (χ3v) is 6.98. The summed E-state index contributed by atoms with van der Waals surface area (Å²) in [5.74, 6) is -2.15. The van der Waals surface area contributed by atoms with E-state index >= 15 is 0 Å². The van der Waals surface area contributed by atoms with Crippen LogP contribution in [0, 0.1) is 0 Å². The molecule has 44 heavy (non-hydrogen) atoms. The molecule has 0 saturated carbocycles. The Morgan fingerprint density at radius 1 is 0.591 bits per heavy atom. The maximum atomic E-state index is 13.4. The van der Waals surface area contributed by atoms with Gasteiger partial charge in [-0.3, -0.25) is 0 Å². The van der Waals surface area contributed by atoms with E-state index < -0.39 is 48.6 Å². The van der Waals surface area contributed by atoms with Crippen LogP contribution in [0.2, 0.25) is 0 Å². The van der Waals surface area contributed by atoms with Gasteiger partial charge in [-0.25, -0.2) is 14.4 Å². The summed E-state index contributed by atoms with van der Waals surface area (Å²) in [6.45, 7) is 1.63. The zero-order valence-electron chi connectivity index (χ0n) is 23.5. The Balaban J connectivity index is 1.37. The molecule has 4 aromatic carbocycles. The molecule has 10 nitrogen and oxygen atoms in total. The van der Waals surface area contributed by atoms with E-state index in [4.69, 9.17) is 28.1 Å². The number of esters is 3.